The number of carbonyl (C=O) groups is 1. The van der Waals surface area contributed by atoms with E-state index < -0.39 is 0 Å². The highest BCUT2D eigenvalue weighted by Crippen LogP contribution is 2.20. The fourth-order valence-corrected chi connectivity index (χ4v) is 2.04. The highest BCUT2D eigenvalue weighted by Gasteiger charge is 2.05. The SMILES string of the molecule is C#Cc1cccc(NC(=O)CCOc2cccc(C)c2C)c1. The second-order valence-electron chi connectivity index (χ2n) is 5.07. The fourth-order valence-electron chi connectivity index (χ4n) is 2.04. The van der Waals surface area contributed by atoms with Crippen LogP contribution in [0.15, 0.2) is 42.5 Å². The summed E-state index contributed by atoms with van der Waals surface area (Å²) in [6.07, 6.45) is 5.62. The predicted molar refractivity (Wildman–Crippen MR) is 89.0 cm³/mol. The van der Waals surface area contributed by atoms with E-state index in [1.165, 1.54) is 5.56 Å². The molecule has 0 aliphatic heterocycles. The van der Waals surface area contributed by atoms with Crippen molar-refractivity contribution in [2.24, 2.45) is 0 Å². The van der Waals surface area contributed by atoms with Gasteiger partial charge in [-0.3, -0.25) is 4.79 Å². The number of rotatable bonds is 5. The summed E-state index contributed by atoms with van der Waals surface area (Å²) in [7, 11) is 0. The number of amides is 1. The minimum Gasteiger partial charge on any atom is -0.493 e. The summed E-state index contributed by atoms with van der Waals surface area (Å²) in [6.45, 7) is 4.38. The molecule has 112 valence electrons. The highest BCUT2D eigenvalue weighted by molar-refractivity contribution is 5.90. The Kier molecular flexibility index (Phi) is 5.21. The molecule has 22 heavy (non-hydrogen) atoms. The zero-order valence-corrected chi connectivity index (χ0v) is 12.8. The maximum absolute atomic E-state index is 11.9. The number of hydrogen-bond acceptors (Lipinski definition) is 2. The minimum atomic E-state index is -0.0977. The van der Waals surface area contributed by atoms with Crippen molar-refractivity contribution < 1.29 is 9.53 Å². The van der Waals surface area contributed by atoms with Crippen LogP contribution < -0.4 is 10.1 Å². The summed E-state index contributed by atoms with van der Waals surface area (Å²) in [6, 6.07) is 13.1. The first kappa shape index (κ1) is 15.7. The average Bonchev–Trinajstić information content (AvgIpc) is 2.51. The van der Waals surface area contributed by atoms with Gasteiger partial charge in [0.15, 0.2) is 0 Å². The third-order valence-electron chi connectivity index (χ3n) is 3.45. The number of nitrogens with one attached hydrogen (secondary N) is 1. The van der Waals surface area contributed by atoms with Gasteiger partial charge in [-0.1, -0.05) is 24.1 Å². The molecule has 0 atom stereocenters. The number of ether oxygens (including phenoxy) is 1. The van der Waals surface area contributed by atoms with Gasteiger partial charge in [0.05, 0.1) is 13.0 Å². The van der Waals surface area contributed by atoms with E-state index in [1.807, 2.05) is 50.2 Å². The Morgan fingerprint density at radius 2 is 2.00 bits per heavy atom. The molecule has 1 N–H and O–H groups in total. The van der Waals surface area contributed by atoms with E-state index in [-0.39, 0.29) is 12.3 Å². The fraction of sp³-hybridized carbons (Fsp3) is 0.211. The first-order valence-corrected chi connectivity index (χ1v) is 7.15. The van der Waals surface area contributed by atoms with Crippen molar-refractivity contribution in [1.29, 1.82) is 0 Å². The van der Waals surface area contributed by atoms with E-state index in [2.05, 4.69) is 11.2 Å². The Labute approximate surface area is 131 Å². The number of terminal acetylenes is 1. The number of carbonyl (C=O) groups excluding carboxylic acids is 1. The number of anilines is 1. The lowest BCUT2D eigenvalue weighted by Crippen LogP contribution is -2.15. The average molecular weight is 293 g/mol. The molecule has 3 heteroatoms. The van der Waals surface area contributed by atoms with Gasteiger partial charge in [-0.05, 0) is 49.2 Å². The van der Waals surface area contributed by atoms with Crippen molar-refractivity contribution in [2.45, 2.75) is 20.3 Å². The van der Waals surface area contributed by atoms with Crippen molar-refractivity contribution in [1.82, 2.24) is 0 Å². The lowest BCUT2D eigenvalue weighted by atomic mass is 10.1. The first-order valence-electron chi connectivity index (χ1n) is 7.15. The summed E-state index contributed by atoms with van der Waals surface area (Å²) in [4.78, 5) is 11.9. The van der Waals surface area contributed by atoms with Gasteiger partial charge >= 0.3 is 0 Å². The standard InChI is InChI=1S/C19H19NO2/c1-4-16-8-6-9-17(13-16)20-19(21)11-12-22-18-10-5-7-14(2)15(18)3/h1,5-10,13H,11-12H2,2-3H3,(H,20,21). The molecule has 0 saturated heterocycles. The lowest BCUT2D eigenvalue weighted by Gasteiger charge is -2.11. The van der Waals surface area contributed by atoms with Crippen LogP contribution in [0.2, 0.25) is 0 Å². The third kappa shape index (κ3) is 4.13. The largest absolute Gasteiger partial charge is 0.493 e. The molecule has 0 fully saturated rings. The summed E-state index contributed by atoms with van der Waals surface area (Å²) >= 11 is 0. The van der Waals surface area contributed by atoms with Gasteiger partial charge in [0.25, 0.3) is 0 Å². The summed E-state index contributed by atoms with van der Waals surface area (Å²) in [5, 5.41) is 2.81. The molecule has 2 aromatic carbocycles. The molecule has 0 radical (unpaired) electrons. The quantitative estimate of drug-likeness (QED) is 0.854. The van der Waals surface area contributed by atoms with Gasteiger partial charge in [-0.2, -0.15) is 0 Å². The molecule has 0 heterocycles. The van der Waals surface area contributed by atoms with Gasteiger partial charge in [0.1, 0.15) is 5.75 Å². The van der Waals surface area contributed by atoms with Gasteiger partial charge < -0.3 is 10.1 Å². The Morgan fingerprint density at radius 1 is 1.23 bits per heavy atom. The van der Waals surface area contributed by atoms with Gasteiger partial charge in [0.2, 0.25) is 5.91 Å². The Bertz CT molecular complexity index is 714. The molecule has 2 rings (SSSR count). The van der Waals surface area contributed by atoms with E-state index >= 15 is 0 Å². The smallest absolute Gasteiger partial charge is 0.227 e. The van der Waals surface area contributed by atoms with Crippen LogP contribution in [-0.4, -0.2) is 12.5 Å². The molecule has 0 aliphatic carbocycles. The van der Waals surface area contributed by atoms with Gasteiger partial charge in [0, 0.05) is 11.3 Å². The molecule has 2 aromatic rings. The van der Waals surface area contributed by atoms with E-state index in [9.17, 15) is 4.79 Å². The van der Waals surface area contributed by atoms with E-state index in [4.69, 9.17) is 11.2 Å². The molecule has 3 nitrogen and oxygen atoms in total. The maximum Gasteiger partial charge on any atom is 0.227 e. The number of hydrogen-bond donors (Lipinski definition) is 1. The van der Waals surface area contributed by atoms with Crippen LogP contribution in [0.3, 0.4) is 0 Å². The topological polar surface area (TPSA) is 38.3 Å². The van der Waals surface area contributed by atoms with Gasteiger partial charge in [-0.15, -0.1) is 6.42 Å². The van der Waals surface area contributed by atoms with Crippen LogP contribution in [0, 0.1) is 26.2 Å². The molecule has 0 aromatic heterocycles. The molecular weight excluding hydrogens is 274 g/mol. The van der Waals surface area contributed by atoms with Crippen LogP contribution in [-0.2, 0) is 4.79 Å². The van der Waals surface area contributed by atoms with Crippen molar-refractivity contribution in [3.05, 3.63) is 59.2 Å². The van der Waals surface area contributed by atoms with Crippen LogP contribution in [0.4, 0.5) is 5.69 Å². The van der Waals surface area contributed by atoms with E-state index in [1.54, 1.807) is 6.07 Å². The molecular formula is C19H19NO2. The Balaban J connectivity index is 1.85. The molecule has 0 bridgehead atoms. The van der Waals surface area contributed by atoms with Crippen molar-refractivity contribution in [3.8, 4) is 18.1 Å². The second kappa shape index (κ2) is 7.33. The lowest BCUT2D eigenvalue weighted by molar-refractivity contribution is -0.116. The van der Waals surface area contributed by atoms with Crippen LogP contribution in [0.5, 0.6) is 5.75 Å². The van der Waals surface area contributed by atoms with Gasteiger partial charge in [-0.25, -0.2) is 0 Å². The molecule has 0 aliphatic rings. The molecule has 0 spiro atoms. The number of benzene rings is 2. The van der Waals surface area contributed by atoms with E-state index in [0.717, 1.165) is 16.9 Å². The highest BCUT2D eigenvalue weighted by atomic mass is 16.5. The maximum atomic E-state index is 11.9. The first-order chi connectivity index (χ1) is 10.6. The minimum absolute atomic E-state index is 0.0977. The van der Waals surface area contributed by atoms with Crippen molar-refractivity contribution >= 4 is 11.6 Å². The van der Waals surface area contributed by atoms with Crippen LogP contribution >= 0.6 is 0 Å². The molecule has 0 saturated carbocycles. The third-order valence-corrected chi connectivity index (χ3v) is 3.45. The summed E-state index contributed by atoms with van der Waals surface area (Å²) in [5.74, 6) is 3.26. The zero-order chi connectivity index (χ0) is 15.9. The number of aryl methyl sites for hydroxylation is 1. The molecule has 0 unspecified atom stereocenters. The Morgan fingerprint density at radius 3 is 2.77 bits per heavy atom. The zero-order valence-electron chi connectivity index (χ0n) is 12.8. The van der Waals surface area contributed by atoms with Crippen molar-refractivity contribution in [3.63, 3.8) is 0 Å². The monoisotopic (exact) mass is 293 g/mol. The summed E-state index contributed by atoms with van der Waals surface area (Å²) in [5.41, 5.74) is 3.72. The van der Waals surface area contributed by atoms with E-state index in [0.29, 0.717) is 12.3 Å². The van der Waals surface area contributed by atoms with Crippen LogP contribution in [0.25, 0.3) is 0 Å². The molecule has 1 amide bonds. The predicted octanol–water partition coefficient (Wildman–Crippen LogP) is 3.69. The normalized spacial score (nSPS) is 9.86. The summed E-state index contributed by atoms with van der Waals surface area (Å²) < 4.78 is 5.68. The van der Waals surface area contributed by atoms with Crippen molar-refractivity contribution in [2.75, 3.05) is 11.9 Å². The van der Waals surface area contributed by atoms with Crippen LogP contribution in [0.1, 0.15) is 23.1 Å². The second-order valence-corrected chi connectivity index (χ2v) is 5.07. The Hall–Kier alpha value is -2.73.